The summed E-state index contributed by atoms with van der Waals surface area (Å²) in [4.78, 5) is 44.4. The van der Waals surface area contributed by atoms with E-state index < -0.39 is 5.41 Å². The van der Waals surface area contributed by atoms with Crippen molar-refractivity contribution < 1.29 is 38.5 Å². The van der Waals surface area contributed by atoms with Crippen LogP contribution in [0.4, 0.5) is 0 Å². The second-order valence-electron chi connectivity index (χ2n) is 12.2. The van der Waals surface area contributed by atoms with Crippen molar-refractivity contribution in [2.45, 2.75) is 109 Å². The number of hydrogen-bond acceptors (Lipinski definition) is 8. The largest absolute Gasteiger partial charge is 0.463 e. The predicted molar refractivity (Wildman–Crippen MR) is 171 cm³/mol. The number of amides is 1. The molecule has 0 aromatic heterocycles. The van der Waals surface area contributed by atoms with E-state index >= 15 is 0 Å². The third-order valence-electron chi connectivity index (χ3n) is 7.02. The van der Waals surface area contributed by atoms with Gasteiger partial charge in [-0.3, -0.25) is 19.2 Å². The lowest BCUT2D eigenvalue weighted by atomic mass is 9.89. The zero-order valence-electron chi connectivity index (χ0n) is 29.0. The van der Waals surface area contributed by atoms with Gasteiger partial charge in [-0.1, -0.05) is 66.9 Å². The molecule has 0 fully saturated rings. The Labute approximate surface area is 256 Å². The van der Waals surface area contributed by atoms with Gasteiger partial charge >= 0.3 is 17.9 Å². The van der Waals surface area contributed by atoms with Crippen molar-refractivity contribution in [2.75, 3.05) is 33.5 Å². The van der Waals surface area contributed by atoms with E-state index in [0.717, 1.165) is 25.7 Å². The Morgan fingerprint density at radius 1 is 0.619 bits per heavy atom. The molecule has 248 valence electrons. The molecule has 0 atom stereocenters. The first-order valence-corrected chi connectivity index (χ1v) is 14.7. The van der Waals surface area contributed by atoms with E-state index in [1.54, 1.807) is 19.2 Å². The lowest BCUT2D eigenvalue weighted by molar-refractivity contribution is -0.155. The van der Waals surface area contributed by atoms with Crippen LogP contribution in [-0.4, -0.2) is 62.4 Å². The Morgan fingerprint density at radius 2 is 0.905 bits per heavy atom. The highest BCUT2D eigenvalue weighted by atomic mass is 16.5. The van der Waals surface area contributed by atoms with Crippen molar-refractivity contribution in [3.8, 4) is 0 Å². The molecule has 0 heterocycles. The summed E-state index contributed by atoms with van der Waals surface area (Å²) in [6, 6.07) is 0. The molecule has 0 aliphatic rings. The molecule has 0 rings (SSSR count). The fraction of sp³-hybridized carbons (Fsp3) is 0.758. The van der Waals surface area contributed by atoms with E-state index in [0.29, 0.717) is 13.2 Å². The van der Waals surface area contributed by atoms with Crippen LogP contribution in [-0.2, 0) is 33.4 Å². The van der Waals surface area contributed by atoms with Crippen molar-refractivity contribution in [3.63, 3.8) is 0 Å². The number of aliphatic hydroxyl groups is 1. The molecule has 42 heavy (non-hydrogen) atoms. The maximum atomic E-state index is 11.2. The third kappa shape index (κ3) is 22.0. The van der Waals surface area contributed by atoms with Crippen LogP contribution in [0.3, 0.4) is 0 Å². The molecule has 2 N–H and O–H groups in total. The summed E-state index contributed by atoms with van der Waals surface area (Å²) in [5, 5.41) is 11.0. The molecule has 9 heteroatoms. The zero-order chi connectivity index (χ0) is 34.2. The van der Waals surface area contributed by atoms with E-state index in [1.807, 2.05) is 83.1 Å². The van der Waals surface area contributed by atoms with Gasteiger partial charge in [0.05, 0.1) is 22.9 Å². The highest BCUT2D eigenvalue weighted by molar-refractivity contribution is 5.81. The van der Waals surface area contributed by atoms with Crippen LogP contribution in [0.1, 0.15) is 109 Å². The summed E-state index contributed by atoms with van der Waals surface area (Å²) in [7, 11) is 1.67. The average Bonchev–Trinajstić information content (AvgIpc) is 2.97. The molecular weight excluding hydrogens is 538 g/mol. The summed E-state index contributed by atoms with van der Waals surface area (Å²) in [5.41, 5.74) is -1.34. The average molecular weight is 602 g/mol. The second kappa shape index (κ2) is 23.8. The van der Waals surface area contributed by atoms with Gasteiger partial charge in [-0.05, 0) is 67.2 Å². The smallest absolute Gasteiger partial charge is 0.311 e. The molecule has 0 saturated carbocycles. The Bertz CT molecular complexity index is 762. The van der Waals surface area contributed by atoms with Crippen LogP contribution in [0.15, 0.2) is 25.3 Å². The van der Waals surface area contributed by atoms with E-state index in [1.165, 1.54) is 0 Å². The van der Waals surface area contributed by atoms with Crippen molar-refractivity contribution in [2.24, 2.45) is 21.7 Å². The van der Waals surface area contributed by atoms with Gasteiger partial charge in [0.15, 0.2) is 0 Å². The van der Waals surface area contributed by atoms with Crippen molar-refractivity contribution in [3.05, 3.63) is 25.3 Å². The SMILES string of the molecule is C=CCOC(=O)C(C)(C)CC.C=CCOC(=O)C(C)(C)CC.CCC(C)(C)C(=O)NC.CCC(C)(C)C(=O)OCCO. The molecule has 0 radical (unpaired) electrons. The Kier molecular flexibility index (Phi) is 26.3. The van der Waals surface area contributed by atoms with Crippen molar-refractivity contribution >= 4 is 23.8 Å². The first-order valence-electron chi connectivity index (χ1n) is 14.7. The standard InChI is InChI=1S/2C9H16O2.C8H16O3.C7H15NO/c2*1-5-7-11-8(10)9(3,4)6-2;1-4-8(2,3)7(10)11-6-5-9;1-5-7(2,3)6(9)8-4/h2*5H,1,6-7H2,2-4H3;9H,4-6H2,1-3H3;5H2,1-4H3,(H,8,9). The number of esters is 3. The third-order valence-corrected chi connectivity index (χ3v) is 7.02. The summed E-state index contributed by atoms with van der Waals surface area (Å²) in [6.45, 7) is 30.4. The number of rotatable bonds is 14. The first kappa shape index (κ1) is 46.3. The van der Waals surface area contributed by atoms with Crippen LogP contribution in [0.5, 0.6) is 0 Å². The van der Waals surface area contributed by atoms with Gasteiger partial charge in [-0.25, -0.2) is 0 Å². The highest BCUT2D eigenvalue weighted by Crippen LogP contribution is 2.22. The summed E-state index contributed by atoms with van der Waals surface area (Å²) in [6.07, 6.45) is 6.36. The molecule has 0 unspecified atom stereocenters. The molecule has 0 saturated heterocycles. The molecule has 0 aromatic rings. The molecule has 0 aromatic carbocycles. The Hall–Kier alpha value is -2.68. The quantitative estimate of drug-likeness (QED) is 0.132. The van der Waals surface area contributed by atoms with Crippen LogP contribution in [0.2, 0.25) is 0 Å². The number of nitrogens with one attached hydrogen (secondary N) is 1. The molecule has 0 bridgehead atoms. The molecule has 1 amide bonds. The van der Waals surface area contributed by atoms with Gasteiger partial charge in [0.2, 0.25) is 5.91 Å². The Morgan fingerprint density at radius 3 is 1.10 bits per heavy atom. The predicted octanol–water partition coefficient (Wildman–Crippen LogP) is 6.43. The molecule has 0 aliphatic carbocycles. The van der Waals surface area contributed by atoms with Crippen LogP contribution >= 0.6 is 0 Å². The van der Waals surface area contributed by atoms with Gasteiger partial charge in [0, 0.05) is 12.5 Å². The number of carbonyl (C=O) groups is 4. The topological polar surface area (TPSA) is 128 Å². The normalized spacial score (nSPS) is 11.0. The maximum absolute atomic E-state index is 11.2. The van der Waals surface area contributed by atoms with Gasteiger partial charge < -0.3 is 24.6 Å². The minimum absolute atomic E-state index is 0.0995. The van der Waals surface area contributed by atoms with Crippen LogP contribution in [0, 0.1) is 21.7 Å². The number of carbonyl (C=O) groups excluding carboxylic acids is 4. The van der Waals surface area contributed by atoms with E-state index in [9.17, 15) is 19.2 Å². The summed E-state index contributed by atoms with van der Waals surface area (Å²) in [5.74, 6) is -0.432. The Balaban J connectivity index is -0.000000230. The zero-order valence-corrected chi connectivity index (χ0v) is 29.0. The van der Waals surface area contributed by atoms with Gasteiger partial charge in [-0.2, -0.15) is 0 Å². The second-order valence-corrected chi connectivity index (χ2v) is 12.2. The molecular formula is C33H63NO8. The van der Waals surface area contributed by atoms with Crippen LogP contribution in [0.25, 0.3) is 0 Å². The van der Waals surface area contributed by atoms with Crippen molar-refractivity contribution in [1.29, 1.82) is 0 Å². The summed E-state index contributed by atoms with van der Waals surface area (Å²) >= 11 is 0. The monoisotopic (exact) mass is 601 g/mol. The number of hydrogen-bond donors (Lipinski definition) is 2. The number of ether oxygens (including phenoxy) is 3. The number of aliphatic hydroxyl groups excluding tert-OH is 1. The van der Waals surface area contributed by atoms with Gasteiger partial charge in [0.1, 0.15) is 19.8 Å². The van der Waals surface area contributed by atoms with E-state index in [-0.39, 0.29) is 53.3 Å². The fourth-order valence-electron chi connectivity index (χ4n) is 1.93. The van der Waals surface area contributed by atoms with E-state index in [2.05, 4.69) is 18.5 Å². The molecule has 9 nitrogen and oxygen atoms in total. The van der Waals surface area contributed by atoms with Crippen LogP contribution < -0.4 is 5.32 Å². The summed E-state index contributed by atoms with van der Waals surface area (Å²) < 4.78 is 14.5. The minimum Gasteiger partial charge on any atom is -0.463 e. The highest BCUT2D eigenvalue weighted by Gasteiger charge is 2.28. The first-order chi connectivity index (χ1) is 19.2. The molecule has 0 spiro atoms. The van der Waals surface area contributed by atoms with Gasteiger partial charge in [-0.15, -0.1) is 0 Å². The lowest BCUT2D eigenvalue weighted by Gasteiger charge is -2.19. The molecule has 0 aliphatic heterocycles. The maximum Gasteiger partial charge on any atom is 0.311 e. The van der Waals surface area contributed by atoms with Crippen molar-refractivity contribution in [1.82, 2.24) is 5.32 Å². The van der Waals surface area contributed by atoms with Gasteiger partial charge in [0.25, 0.3) is 0 Å². The van der Waals surface area contributed by atoms with E-state index in [4.69, 9.17) is 19.3 Å². The lowest BCUT2D eigenvalue weighted by Crippen LogP contribution is -2.33. The minimum atomic E-state index is -0.421. The fourth-order valence-corrected chi connectivity index (χ4v) is 1.93.